The van der Waals surface area contributed by atoms with Gasteiger partial charge in [-0.2, -0.15) is 0 Å². The molecule has 3 rings (SSSR count). The first kappa shape index (κ1) is 15.7. The summed E-state index contributed by atoms with van der Waals surface area (Å²) in [5.74, 6) is -0.339. The molecular weight excluding hydrogens is 296 g/mol. The van der Waals surface area contributed by atoms with E-state index in [1.165, 1.54) is 5.56 Å². The summed E-state index contributed by atoms with van der Waals surface area (Å²) in [7, 11) is 0. The van der Waals surface area contributed by atoms with Gasteiger partial charge in [-0.1, -0.05) is 30.3 Å². The van der Waals surface area contributed by atoms with E-state index in [-0.39, 0.29) is 5.79 Å². The number of nitrogens with zero attached hydrogens (tertiary/aromatic N) is 1. The Hall–Kier alpha value is -1.17. The maximum absolute atomic E-state index is 5.86. The number of hydrogen-bond acceptors (Lipinski definition) is 3. The fourth-order valence-corrected chi connectivity index (χ4v) is 3.31. The van der Waals surface area contributed by atoms with Crippen molar-refractivity contribution in [1.82, 2.24) is 10.2 Å². The lowest BCUT2D eigenvalue weighted by Gasteiger charge is -2.44. The first-order valence-corrected chi connectivity index (χ1v) is 8.53. The van der Waals surface area contributed by atoms with Crippen molar-refractivity contribution in [3.8, 4) is 0 Å². The lowest BCUT2D eigenvalue weighted by molar-refractivity contribution is -0.281. The van der Waals surface area contributed by atoms with Crippen molar-refractivity contribution in [2.75, 3.05) is 32.8 Å². The van der Waals surface area contributed by atoms with Gasteiger partial charge in [0.25, 0.3) is 0 Å². The van der Waals surface area contributed by atoms with E-state index in [0.717, 1.165) is 63.6 Å². The molecule has 0 unspecified atom stereocenters. The van der Waals surface area contributed by atoms with Gasteiger partial charge in [-0.05, 0) is 30.6 Å². The van der Waals surface area contributed by atoms with Crippen molar-refractivity contribution < 1.29 is 9.47 Å². The molecule has 0 radical (unpaired) electrons. The SMILES string of the molecule is S=C(NCCc1ccccc1)N1CCC2(CC1)OCCCO2. The van der Waals surface area contributed by atoms with E-state index in [1.807, 2.05) is 6.07 Å². The second-order valence-electron chi connectivity index (χ2n) is 5.92. The molecule has 1 aromatic rings. The van der Waals surface area contributed by atoms with Crippen molar-refractivity contribution in [3.05, 3.63) is 35.9 Å². The highest BCUT2D eigenvalue weighted by Crippen LogP contribution is 2.30. The summed E-state index contributed by atoms with van der Waals surface area (Å²) < 4.78 is 11.7. The smallest absolute Gasteiger partial charge is 0.171 e. The van der Waals surface area contributed by atoms with Crippen LogP contribution in [0.5, 0.6) is 0 Å². The van der Waals surface area contributed by atoms with Gasteiger partial charge in [-0.25, -0.2) is 0 Å². The van der Waals surface area contributed by atoms with Crippen molar-refractivity contribution in [1.29, 1.82) is 0 Å². The van der Waals surface area contributed by atoms with Gasteiger partial charge in [-0.15, -0.1) is 0 Å². The zero-order valence-corrected chi connectivity index (χ0v) is 13.7. The second kappa shape index (κ2) is 7.40. The average molecular weight is 320 g/mol. The van der Waals surface area contributed by atoms with Gasteiger partial charge in [0.05, 0.1) is 13.2 Å². The third-order valence-corrected chi connectivity index (χ3v) is 4.77. The fourth-order valence-electron chi connectivity index (χ4n) is 3.03. The number of hydrogen-bond donors (Lipinski definition) is 1. The third kappa shape index (κ3) is 3.97. The molecule has 0 aromatic heterocycles. The third-order valence-electron chi connectivity index (χ3n) is 4.36. The summed E-state index contributed by atoms with van der Waals surface area (Å²) in [6, 6.07) is 10.5. The van der Waals surface area contributed by atoms with Gasteiger partial charge < -0.3 is 19.7 Å². The average Bonchev–Trinajstić information content (AvgIpc) is 2.57. The molecule has 0 amide bonds. The van der Waals surface area contributed by atoms with Gasteiger partial charge in [0, 0.05) is 32.5 Å². The van der Waals surface area contributed by atoms with Crippen molar-refractivity contribution >= 4 is 17.3 Å². The topological polar surface area (TPSA) is 33.7 Å². The fraction of sp³-hybridized carbons (Fsp3) is 0.588. The molecule has 2 fully saturated rings. The maximum atomic E-state index is 5.86. The van der Waals surface area contributed by atoms with Crippen molar-refractivity contribution in [2.24, 2.45) is 0 Å². The summed E-state index contributed by atoms with van der Waals surface area (Å²) in [6.45, 7) is 4.31. The number of thiocarbonyl (C=S) groups is 1. The van der Waals surface area contributed by atoms with Gasteiger partial charge in [0.15, 0.2) is 10.9 Å². The Morgan fingerprint density at radius 3 is 2.50 bits per heavy atom. The maximum Gasteiger partial charge on any atom is 0.171 e. The minimum atomic E-state index is -0.339. The standard InChI is InChI=1S/C17H24N2O2S/c22-16(18-10-7-15-5-2-1-3-6-15)19-11-8-17(9-12-19)20-13-4-14-21-17/h1-3,5-6H,4,7-14H2,(H,18,22). The Kier molecular flexibility index (Phi) is 5.28. The second-order valence-corrected chi connectivity index (χ2v) is 6.30. The van der Waals surface area contributed by atoms with Crippen LogP contribution in [0.25, 0.3) is 0 Å². The van der Waals surface area contributed by atoms with E-state index in [1.54, 1.807) is 0 Å². The molecule has 2 aliphatic heterocycles. The van der Waals surface area contributed by atoms with Crippen LogP contribution >= 0.6 is 12.2 Å². The highest BCUT2D eigenvalue weighted by molar-refractivity contribution is 7.80. The normalized spacial score (nSPS) is 20.8. The summed E-state index contributed by atoms with van der Waals surface area (Å²) in [5.41, 5.74) is 1.33. The van der Waals surface area contributed by atoms with Gasteiger partial charge in [0.2, 0.25) is 0 Å². The Morgan fingerprint density at radius 2 is 1.82 bits per heavy atom. The molecule has 0 bridgehead atoms. The lowest BCUT2D eigenvalue weighted by Crippen LogP contribution is -2.53. The number of ether oxygens (including phenoxy) is 2. The van der Waals surface area contributed by atoms with E-state index >= 15 is 0 Å². The van der Waals surface area contributed by atoms with Crippen LogP contribution in [0.15, 0.2) is 30.3 Å². The Morgan fingerprint density at radius 1 is 1.14 bits per heavy atom. The van der Waals surface area contributed by atoms with Crippen LogP contribution in [0.1, 0.15) is 24.8 Å². The number of nitrogens with one attached hydrogen (secondary N) is 1. The monoisotopic (exact) mass is 320 g/mol. The number of benzene rings is 1. The van der Waals surface area contributed by atoms with Crippen LogP contribution in [0.4, 0.5) is 0 Å². The van der Waals surface area contributed by atoms with Crippen molar-refractivity contribution in [2.45, 2.75) is 31.5 Å². The Bertz CT molecular complexity index is 479. The molecule has 0 atom stereocenters. The van der Waals surface area contributed by atoms with Crippen LogP contribution in [0.3, 0.4) is 0 Å². The largest absolute Gasteiger partial charge is 0.362 e. The zero-order chi connectivity index (χ0) is 15.3. The molecule has 0 saturated carbocycles. The summed E-state index contributed by atoms with van der Waals surface area (Å²) in [5, 5.41) is 4.22. The Balaban J connectivity index is 1.40. The molecule has 2 heterocycles. The predicted molar refractivity (Wildman–Crippen MR) is 90.8 cm³/mol. The molecule has 22 heavy (non-hydrogen) atoms. The lowest BCUT2D eigenvalue weighted by atomic mass is 10.0. The van der Waals surface area contributed by atoms with Crippen molar-refractivity contribution in [3.63, 3.8) is 0 Å². The molecule has 1 aromatic carbocycles. The van der Waals surface area contributed by atoms with Crippen LogP contribution in [0, 0.1) is 0 Å². The van der Waals surface area contributed by atoms with E-state index in [2.05, 4.69) is 34.5 Å². The molecule has 1 spiro atoms. The number of likely N-dealkylation sites (tertiary alicyclic amines) is 1. The zero-order valence-electron chi connectivity index (χ0n) is 12.9. The van der Waals surface area contributed by atoms with Gasteiger partial charge in [-0.3, -0.25) is 0 Å². The quantitative estimate of drug-likeness (QED) is 0.865. The first-order chi connectivity index (χ1) is 10.8. The molecule has 0 aliphatic carbocycles. The number of rotatable bonds is 3. The molecule has 5 heteroatoms. The van der Waals surface area contributed by atoms with E-state index < -0.39 is 0 Å². The highest BCUT2D eigenvalue weighted by Gasteiger charge is 2.38. The van der Waals surface area contributed by atoms with Crippen LogP contribution in [0.2, 0.25) is 0 Å². The van der Waals surface area contributed by atoms with Crippen LogP contribution in [-0.4, -0.2) is 48.6 Å². The minimum absolute atomic E-state index is 0.339. The van der Waals surface area contributed by atoms with Crippen LogP contribution < -0.4 is 5.32 Å². The van der Waals surface area contributed by atoms with Crippen LogP contribution in [-0.2, 0) is 15.9 Å². The first-order valence-electron chi connectivity index (χ1n) is 8.12. The van der Waals surface area contributed by atoms with Gasteiger partial charge >= 0.3 is 0 Å². The molecule has 4 nitrogen and oxygen atoms in total. The Labute approximate surface area is 137 Å². The summed E-state index contributed by atoms with van der Waals surface area (Å²) in [4.78, 5) is 2.23. The van der Waals surface area contributed by atoms with E-state index in [0.29, 0.717) is 0 Å². The molecular formula is C17H24N2O2S. The predicted octanol–water partition coefficient (Wildman–Crippen LogP) is 2.33. The molecule has 120 valence electrons. The minimum Gasteiger partial charge on any atom is -0.362 e. The molecule has 1 N–H and O–H groups in total. The summed E-state index contributed by atoms with van der Waals surface area (Å²) in [6.07, 6.45) is 3.79. The molecule has 2 aliphatic rings. The summed E-state index contributed by atoms with van der Waals surface area (Å²) >= 11 is 5.51. The van der Waals surface area contributed by atoms with E-state index in [4.69, 9.17) is 21.7 Å². The molecule has 2 saturated heterocycles. The highest BCUT2D eigenvalue weighted by atomic mass is 32.1. The van der Waals surface area contributed by atoms with Gasteiger partial charge in [0.1, 0.15) is 0 Å². The number of piperidine rings is 1. The van der Waals surface area contributed by atoms with E-state index in [9.17, 15) is 0 Å².